The lowest BCUT2D eigenvalue weighted by atomic mass is 10.2. The molecule has 2 aromatic rings. The smallest absolute Gasteiger partial charge is 0.331 e. The van der Waals surface area contributed by atoms with Crippen molar-refractivity contribution in [2.45, 2.75) is 19.5 Å². The number of aliphatic carboxylic acids is 1. The zero-order valence-electron chi connectivity index (χ0n) is 11.4. The number of thiophene rings is 1. The van der Waals surface area contributed by atoms with Crippen molar-refractivity contribution in [1.29, 1.82) is 0 Å². The van der Waals surface area contributed by atoms with Gasteiger partial charge >= 0.3 is 12.0 Å². The van der Waals surface area contributed by atoms with Crippen LogP contribution in [0.25, 0.3) is 0 Å². The average Bonchev–Trinajstić information content (AvgIpc) is 2.96. The van der Waals surface area contributed by atoms with Crippen molar-refractivity contribution < 1.29 is 14.7 Å². The highest BCUT2D eigenvalue weighted by Gasteiger charge is 2.22. The molecule has 21 heavy (non-hydrogen) atoms. The van der Waals surface area contributed by atoms with Crippen LogP contribution in [0, 0.1) is 6.92 Å². The number of aryl methyl sites for hydroxylation is 1. The molecule has 0 saturated carbocycles. The van der Waals surface area contributed by atoms with Crippen LogP contribution in [0.5, 0.6) is 0 Å². The minimum absolute atomic E-state index is 0.240. The Morgan fingerprint density at radius 3 is 2.76 bits per heavy atom. The van der Waals surface area contributed by atoms with Gasteiger partial charge in [0.05, 0.1) is 12.2 Å². The van der Waals surface area contributed by atoms with Gasteiger partial charge in [0.15, 0.2) is 6.04 Å². The van der Waals surface area contributed by atoms with Gasteiger partial charge in [0, 0.05) is 10.6 Å². The molecule has 0 bridgehead atoms. The van der Waals surface area contributed by atoms with Gasteiger partial charge in [-0.2, -0.15) is 0 Å². The molecule has 2 heterocycles. The summed E-state index contributed by atoms with van der Waals surface area (Å²) in [7, 11) is 0. The van der Waals surface area contributed by atoms with Crippen molar-refractivity contribution >= 4 is 23.3 Å². The fraction of sp³-hybridized carbons (Fsp3) is 0.214. The van der Waals surface area contributed by atoms with E-state index in [-0.39, 0.29) is 6.54 Å². The topological polar surface area (TPSA) is 91.3 Å². The molecule has 110 valence electrons. The summed E-state index contributed by atoms with van der Waals surface area (Å²) in [5.74, 6) is -1.10. The first-order chi connectivity index (χ1) is 10.1. The van der Waals surface area contributed by atoms with Gasteiger partial charge in [-0.15, -0.1) is 11.3 Å². The SMILES string of the molecule is Cc1cccc(CNC(=O)NC(C(=O)O)c2cccs2)n1. The van der Waals surface area contributed by atoms with Gasteiger partial charge in [-0.1, -0.05) is 12.1 Å². The highest BCUT2D eigenvalue weighted by molar-refractivity contribution is 7.10. The molecule has 0 spiro atoms. The van der Waals surface area contributed by atoms with Crippen molar-refractivity contribution in [3.63, 3.8) is 0 Å². The molecule has 0 aliphatic heterocycles. The summed E-state index contributed by atoms with van der Waals surface area (Å²) in [6, 6.07) is 7.33. The van der Waals surface area contributed by atoms with Crippen molar-refractivity contribution in [2.24, 2.45) is 0 Å². The highest BCUT2D eigenvalue weighted by Crippen LogP contribution is 2.18. The summed E-state index contributed by atoms with van der Waals surface area (Å²) in [4.78, 5) is 27.8. The average molecular weight is 305 g/mol. The van der Waals surface area contributed by atoms with E-state index in [0.29, 0.717) is 10.6 Å². The molecule has 2 amide bonds. The zero-order chi connectivity index (χ0) is 15.2. The number of nitrogens with one attached hydrogen (secondary N) is 2. The predicted octanol–water partition coefficient (Wildman–Crippen LogP) is 2.08. The van der Waals surface area contributed by atoms with Crippen LogP contribution < -0.4 is 10.6 Å². The third-order valence-corrected chi connectivity index (χ3v) is 3.66. The number of aromatic nitrogens is 1. The number of pyridine rings is 1. The Kier molecular flexibility index (Phi) is 4.89. The van der Waals surface area contributed by atoms with Gasteiger partial charge in [-0.3, -0.25) is 4.98 Å². The first kappa shape index (κ1) is 15.0. The lowest BCUT2D eigenvalue weighted by molar-refractivity contribution is -0.139. The summed E-state index contributed by atoms with van der Waals surface area (Å²) >= 11 is 1.28. The Labute approximate surface area is 125 Å². The first-order valence-electron chi connectivity index (χ1n) is 6.29. The molecule has 1 atom stereocenters. The molecule has 2 rings (SSSR count). The van der Waals surface area contributed by atoms with Crippen LogP contribution in [0.1, 0.15) is 22.3 Å². The van der Waals surface area contributed by atoms with E-state index in [9.17, 15) is 9.59 Å². The number of carboxylic acid groups (broad SMARTS) is 1. The van der Waals surface area contributed by atoms with E-state index in [4.69, 9.17) is 5.11 Å². The molecule has 1 unspecified atom stereocenters. The maximum atomic E-state index is 11.8. The number of rotatable bonds is 5. The second kappa shape index (κ2) is 6.85. The summed E-state index contributed by atoms with van der Waals surface area (Å²) in [5, 5.41) is 16.0. The Balaban J connectivity index is 1.92. The molecule has 3 N–H and O–H groups in total. The molecule has 0 aromatic carbocycles. The molecular weight excluding hydrogens is 290 g/mol. The van der Waals surface area contributed by atoms with Crippen molar-refractivity contribution in [2.75, 3.05) is 0 Å². The first-order valence-corrected chi connectivity index (χ1v) is 7.17. The van der Waals surface area contributed by atoms with Crippen LogP contribution in [0.15, 0.2) is 35.7 Å². The highest BCUT2D eigenvalue weighted by atomic mass is 32.1. The van der Waals surface area contributed by atoms with Crippen LogP contribution >= 0.6 is 11.3 Å². The van der Waals surface area contributed by atoms with Gasteiger partial charge in [0.25, 0.3) is 0 Å². The van der Waals surface area contributed by atoms with Crippen LogP contribution in [0.4, 0.5) is 4.79 Å². The monoisotopic (exact) mass is 305 g/mol. The molecule has 0 radical (unpaired) electrons. The number of carbonyl (C=O) groups excluding carboxylic acids is 1. The molecule has 7 heteroatoms. The largest absolute Gasteiger partial charge is 0.479 e. The van der Waals surface area contributed by atoms with Crippen LogP contribution in [-0.2, 0) is 11.3 Å². The maximum Gasteiger partial charge on any atom is 0.331 e. The number of amides is 2. The number of hydrogen-bond acceptors (Lipinski definition) is 4. The lowest BCUT2D eigenvalue weighted by Crippen LogP contribution is -2.40. The summed E-state index contributed by atoms with van der Waals surface area (Å²) in [6.45, 7) is 2.10. The van der Waals surface area contributed by atoms with Crippen molar-refractivity contribution in [3.05, 3.63) is 52.0 Å². The fourth-order valence-corrected chi connectivity index (χ4v) is 2.53. The Morgan fingerprint density at radius 1 is 1.33 bits per heavy atom. The second-order valence-corrected chi connectivity index (χ2v) is 5.36. The van der Waals surface area contributed by atoms with Gasteiger partial charge in [0.1, 0.15) is 0 Å². The quantitative estimate of drug-likeness (QED) is 0.788. The van der Waals surface area contributed by atoms with E-state index in [2.05, 4.69) is 15.6 Å². The summed E-state index contributed by atoms with van der Waals surface area (Å²) < 4.78 is 0. The minimum atomic E-state index is -1.10. The van der Waals surface area contributed by atoms with E-state index in [1.807, 2.05) is 19.1 Å². The number of carboxylic acids is 1. The Bertz CT molecular complexity index is 628. The molecular formula is C14H15N3O3S. The molecule has 0 saturated heterocycles. The second-order valence-electron chi connectivity index (χ2n) is 4.38. The summed E-state index contributed by atoms with van der Waals surface area (Å²) in [5.41, 5.74) is 1.57. The predicted molar refractivity (Wildman–Crippen MR) is 79.0 cm³/mol. The zero-order valence-corrected chi connectivity index (χ0v) is 12.2. The minimum Gasteiger partial charge on any atom is -0.479 e. The van der Waals surface area contributed by atoms with Crippen LogP contribution in [-0.4, -0.2) is 22.1 Å². The van der Waals surface area contributed by atoms with Crippen LogP contribution in [0.2, 0.25) is 0 Å². The van der Waals surface area contributed by atoms with Gasteiger partial charge in [-0.25, -0.2) is 9.59 Å². The normalized spacial score (nSPS) is 11.7. The third-order valence-electron chi connectivity index (χ3n) is 2.73. The van der Waals surface area contributed by atoms with Gasteiger partial charge < -0.3 is 15.7 Å². The Morgan fingerprint density at radius 2 is 2.14 bits per heavy atom. The van der Waals surface area contributed by atoms with E-state index in [1.165, 1.54) is 11.3 Å². The standard InChI is InChI=1S/C14H15N3O3S/c1-9-4-2-5-10(16-9)8-15-14(20)17-12(13(18)19)11-6-3-7-21-11/h2-7,12H,8H2,1H3,(H,18,19)(H2,15,17,20). The van der Waals surface area contributed by atoms with E-state index >= 15 is 0 Å². The molecule has 0 fully saturated rings. The number of hydrogen-bond donors (Lipinski definition) is 3. The summed E-state index contributed by atoms with van der Waals surface area (Å²) in [6.07, 6.45) is 0. The van der Waals surface area contributed by atoms with E-state index in [1.54, 1.807) is 23.6 Å². The fourth-order valence-electron chi connectivity index (χ4n) is 1.76. The van der Waals surface area contributed by atoms with Crippen molar-refractivity contribution in [1.82, 2.24) is 15.6 Å². The Hall–Kier alpha value is -2.41. The van der Waals surface area contributed by atoms with E-state index < -0.39 is 18.0 Å². The number of carbonyl (C=O) groups is 2. The van der Waals surface area contributed by atoms with Crippen LogP contribution in [0.3, 0.4) is 0 Å². The number of nitrogens with zero attached hydrogens (tertiary/aromatic N) is 1. The molecule has 6 nitrogen and oxygen atoms in total. The maximum absolute atomic E-state index is 11.8. The lowest BCUT2D eigenvalue weighted by Gasteiger charge is -2.13. The number of urea groups is 1. The third kappa shape index (κ3) is 4.28. The van der Waals surface area contributed by atoms with Gasteiger partial charge in [-0.05, 0) is 30.5 Å². The molecule has 2 aromatic heterocycles. The van der Waals surface area contributed by atoms with E-state index in [0.717, 1.165) is 5.69 Å². The van der Waals surface area contributed by atoms with Gasteiger partial charge in [0.2, 0.25) is 0 Å². The van der Waals surface area contributed by atoms with Crippen molar-refractivity contribution in [3.8, 4) is 0 Å². The molecule has 0 aliphatic carbocycles. The molecule has 0 aliphatic rings.